The molecule has 0 saturated heterocycles. The third kappa shape index (κ3) is 3.50. The normalized spacial score (nSPS) is 14.1. The number of hydrogen-bond donors (Lipinski definition) is 1. The molecular weight excluding hydrogens is 278 g/mol. The van der Waals surface area contributed by atoms with Crippen molar-refractivity contribution in [3.63, 3.8) is 0 Å². The molecule has 19 heavy (non-hydrogen) atoms. The Morgan fingerprint density at radius 3 is 2.74 bits per heavy atom. The van der Waals surface area contributed by atoms with E-state index in [4.69, 9.17) is 22.1 Å². The first-order valence-electron chi connectivity index (χ1n) is 6.32. The molecule has 4 heteroatoms. The van der Waals surface area contributed by atoms with E-state index in [-0.39, 0.29) is 12.1 Å². The molecule has 102 valence electrons. The molecule has 2 aromatic rings. The summed E-state index contributed by atoms with van der Waals surface area (Å²) >= 11 is 7.68. The van der Waals surface area contributed by atoms with Gasteiger partial charge in [0, 0.05) is 16.6 Å². The first kappa shape index (κ1) is 14.4. The Kier molecular flexibility index (Phi) is 4.86. The molecular formula is C15H18ClNOS. The molecule has 2 N–H and O–H groups in total. The Morgan fingerprint density at radius 2 is 2.16 bits per heavy atom. The van der Waals surface area contributed by atoms with Crippen molar-refractivity contribution in [2.45, 2.75) is 32.4 Å². The Labute approximate surface area is 123 Å². The second-order valence-electron chi connectivity index (χ2n) is 4.58. The fraction of sp³-hybridized carbons (Fsp3) is 0.333. The molecule has 2 atom stereocenters. The van der Waals surface area contributed by atoms with Gasteiger partial charge >= 0.3 is 0 Å². The number of rotatable bonds is 5. The van der Waals surface area contributed by atoms with Gasteiger partial charge in [0.1, 0.15) is 11.9 Å². The van der Waals surface area contributed by atoms with Gasteiger partial charge < -0.3 is 10.5 Å². The van der Waals surface area contributed by atoms with E-state index in [2.05, 4.69) is 18.4 Å². The van der Waals surface area contributed by atoms with Crippen molar-refractivity contribution in [1.82, 2.24) is 0 Å². The van der Waals surface area contributed by atoms with Crippen LogP contribution in [-0.4, -0.2) is 6.04 Å². The van der Waals surface area contributed by atoms with E-state index in [9.17, 15) is 0 Å². The lowest BCUT2D eigenvalue weighted by molar-refractivity contribution is 0.171. The Hall–Kier alpha value is -1.03. The quantitative estimate of drug-likeness (QED) is 0.877. The van der Waals surface area contributed by atoms with E-state index in [1.54, 1.807) is 11.3 Å². The van der Waals surface area contributed by atoms with Gasteiger partial charge in [-0.3, -0.25) is 0 Å². The number of hydrogen-bond acceptors (Lipinski definition) is 3. The van der Waals surface area contributed by atoms with Crippen LogP contribution < -0.4 is 10.5 Å². The smallest absolute Gasteiger partial charge is 0.140 e. The molecule has 1 aromatic heterocycles. The van der Waals surface area contributed by atoms with Crippen LogP contribution in [0.3, 0.4) is 0 Å². The Balaban J connectivity index is 2.23. The summed E-state index contributed by atoms with van der Waals surface area (Å²) in [7, 11) is 0. The maximum absolute atomic E-state index is 6.18. The van der Waals surface area contributed by atoms with Crippen LogP contribution in [0.2, 0.25) is 5.02 Å². The van der Waals surface area contributed by atoms with Crippen molar-refractivity contribution in [2.75, 3.05) is 0 Å². The van der Waals surface area contributed by atoms with Crippen molar-refractivity contribution < 1.29 is 4.74 Å². The summed E-state index contributed by atoms with van der Waals surface area (Å²) in [5, 5.41) is 4.88. The van der Waals surface area contributed by atoms with Gasteiger partial charge in [-0.15, -0.1) is 0 Å². The molecule has 0 spiro atoms. The predicted octanol–water partition coefficient (Wildman–Crippen LogP) is 4.57. The zero-order chi connectivity index (χ0) is 13.8. The van der Waals surface area contributed by atoms with Gasteiger partial charge in [-0.1, -0.05) is 18.5 Å². The van der Waals surface area contributed by atoms with E-state index in [0.29, 0.717) is 0 Å². The lowest BCUT2D eigenvalue weighted by Crippen LogP contribution is -2.31. The summed E-state index contributed by atoms with van der Waals surface area (Å²) in [5.41, 5.74) is 8.32. The van der Waals surface area contributed by atoms with E-state index in [0.717, 1.165) is 28.3 Å². The summed E-state index contributed by atoms with van der Waals surface area (Å²) in [6.07, 6.45) is 0.754. The van der Waals surface area contributed by atoms with E-state index in [1.807, 2.05) is 30.5 Å². The molecule has 0 amide bonds. The van der Waals surface area contributed by atoms with Crippen LogP contribution in [0.4, 0.5) is 0 Å². The Bertz CT molecular complexity index is 527. The summed E-state index contributed by atoms with van der Waals surface area (Å²) in [6.45, 7) is 4.04. The SMILES string of the molecule is CCC(N)C(Oc1ccc(Cl)c(C)c1)c1ccsc1. The summed E-state index contributed by atoms with van der Waals surface area (Å²) in [5.74, 6) is 0.807. The van der Waals surface area contributed by atoms with Gasteiger partial charge in [-0.2, -0.15) is 11.3 Å². The molecule has 0 aliphatic carbocycles. The summed E-state index contributed by atoms with van der Waals surface area (Å²) < 4.78 is 6.07. The highest BCUT2D eigenvalue weighted by atomic mass is 35.5. The average Bonchev–Trinajstić information content (AvgIpc) is 2.93. The molecule has 2 nitrogen and oxygen atoms in total. The maximum atomic E-state index is 6.18. The minimum atomic E-state index is -0.114. The monoisotopic (exact) mass is 295 g/mol. The highest BCUT2D eigenvalue weighted by molar-refractivity contribution is 7.07. The second-order valence-corrected chi connectivity index (χ2v) is 5.77. The standard InChI is InChI=1S/C15H18ClNOS/c1-3-14(17)15(11-6-7-19-9-11)18-12-4-5-13(16)10(2)8-12/h4-9,14-15H,3,17H2,1-2H3. The van der Waals surface area contributed by atoms with Crippen LogP contribution in [-0.2, 0) is 0 Å². The van der Waals surface area contributed by atoms with Crippen molar-refractivity contribution in [1.29, 1.82) is 0 Å². The van der Waals surface area contributed by atoms with Gasteiger partial charge in [0.2, 0.25) is 0 Å². The predicted molar refractivity (Wildman–Crippen MR) is 82.1 cm³/mol. The molecule has 0 radical (unpaired) electrons. The number of benzene rings is 1. The lowest BCUT2D eigenvalue weighted by atomic mass is 10.0. The van der Waals surface area contributed by atoms with Crippen LogP contribution >= 0.6 is 22.9 Å². The highest BCUT2D eigenvalue weighted by Gasteiger charge is 2.21. The average molecular weight is 296 g/mol. The van der Waals surface area contributed by atoms with Crippen molar-refractivity contribution in [3.05, 3.63) is 51.2 Å². The van der Waals surface area contributed by atoms with Crippen LogP contribution in [0.5, 0.6) is 5.75 Å². The van der Waals surface area contributed by atoms with Gasteiger partial charge in [0.15, 0.2) is 0 Å². The number of aryl methyl sites for hydroxylation is 1. The molecule has 2 unspecified atom stereocenters. The third-order valence-electron chi connectivity index (χ3n) is 3.12. The number of thiophene rings is 1. The molecule has 0 fully saturated rings. The van der Waals surface area contributed by atoms with Crippen LogP contribution in [0.25, 0.3) is 0 Å². The highest BCUT2D eigenvalue weighted by Crippen LogP contribution is 2.29. The van der Waals surface area contributed by atoms with E-state index in [1.165, 1.54) is 0 Å². The van der Waals surface area contributed by atoms with Gasteiger partial charge in [0.05, 0.1) is 0 Å². The van der Waals surface area contributed by atoms with Gasteiger partial charge in [0.25, 0.3) is 0 Å². The van der Waals surface area contributed by atoms with Crippen LogP contribution in [0.1, 0.15) is 30.6 Å². The molecule has 0 aliphatic rings. The summed E-state index contributed by atoms with van der Waals surface area (Å²) in [6, 6.07) is 7.73. The number of halogens is 1. The van der Waals surface area contributed by atoms with Crippen LogP contribution in [0, 0.1) is 6.92 Å². The van der Waals surface area contributed by atoms with Gasteiger partial charge in [-0.25, -0.2) is 0 Å². The zero-order valence-electron chi connectivity index (χ0n) is 11.1. The topological polar surface area (TPSA) is 35.2 Å². The number of nitrogens with two attached hydrogens (primary N) is 1. The third-order valence-corrected chi connectivity index (χ3v) is 4.25. The maximum Gasteiger partial charge on any atom is 0.140 e. The van der Waals surface area contributed by atoms with E-state index >= 15 is 0 Å². The van der Waals surface area contributed by atoms with Crippen molar-refractivity contribution in [3.8, 4) is 5.75 Å². The fourth-order valence-corrected chi connectivity index (χ4v) is 2.69. The van der Waals surface area contributed by atoms with Crippen molar-refractivity contribution >= 4 is 22.9 Å². The molecule has 1 aromatic carbocycles. The minimum absolute atomic E-state index is 0.0226. The Morgan fingerprint density at radius 1 is 1.37 bits per heavy atom. The van der Waals surface area contributed by atoms with E-state index < -0.39 is 0 Å². The summed E-state index contributed by atoms with van der Waals surface area (Å²) in [4.78, 5) is 0. The molecule has 0 aliphatic heterocycles. The molecule has 1 heterocycles. The molecule has 2 rings (SSSR count). The lowest BCUT2D eigenvalue weighted by Gasteiger charge is -2.24. The largest absolute Gasteiger partial charge is 0.484 e. The van der Waals surface area contributed by atoms with Crippen molar-refractivity contribution in [2.24, 2.45) is 5.73 Å². The zero-order valence-corrected chi connectivity index (χ0v) is 12.7. The first-order valence-corrected chi connectivity index (χ1v) is 7.64. The van der Waals surface area contributed by atoms with Crippen LogP contribution in [0.15, 0.2) is 35.0 Å². The minimum Gasteiger partial charge on any atom is -0.484 e. The van der Waals surface area contributed by atoms with Gasteiger partial charge in [-0.05, 0) is 53.9 Å². The first-order chi connectivity index (χ1) is 9.11. The molecule has 0 saturated carbocycles. The second kappa shape index (κ2) is 6.42. The number of ether oxygens (including phenoxy) is 1. The fourth-order valence-electron chi connectivity index (χ4n) is 1.89. The molecule has 0 bridgehead atoms.